The Hall–Kier alpha value is -2.39. The van der Waals surface area contributed by atoms with Crippen molar-refractivity contribution in [3.63, 3.8) is 0 Å². The summed E-state index contributed by atoms with van der Waals surface area (Å²) in [5, 5.41) is 15.2. The largest absolute Gasteiger partial charge is 0.473 e. The van der Waals surface area contributed by atoms with Gasteiger partial charge in [-0.15, -0.1) is 0 Å². The van der Waals surface area contributed by atoms with Crippen LogP contribution in [-0.4, -0.2) is 82.2 Å². The second-order valence-electron chi connectivity index (χ2n) is 6.03. The summed E-state index contributed by atoms with van der Waals surface area (Å²) in [5.74, 6) is -3.33. The maximum absolute atomic E-state index is 12.3. The van der Waals surface area contributed by atoms with Gasteiger partial charge in [0.15, 0.2) is 0 Å². The Balaban J connectivity index is 0.000000352. The van der Waals surface area contributed by atoms with E-state index in [4.69, 9.17) is 36.1 Å². The van der Waals surface area contributed by atoms with Crippen molar-refractivity contribution in [1.82, 2.24) is 14.8 Å². The van der Waals surface area contributed by atoms with E-state index >= 15 is 0 Å². The lowest BCUT2D eigenvalue weighted by atomic mass is 10.1. The van der Waals surface area contributed by atoms with E-state index in [1.54, 1.807) is 18.0 Å². The standard InChI is InChI=1S/C14H18ClN3O2.C2H2O4/c1-17-9-11(3-6-18-4-2-5-18)20-13-12(14(17)19)7-10(15)8-16-13;3-1(4)2(5)6/h7-8,11H,2-6,9H2,1H3;(H,3,4)(H,5,6). The number of halogens is 1. The number of rotatable bonds is 3. The zero-order chi connectivity index (χ0) is 19.3. The molecule has 1 aromatic rings. The van der Waals surface area contributed by atoms with Gasteiger partial charge in [-0.1, -0.05) is 11.6 Å². The Morgan fingerprint density at radius 1 is 1.35 bits per heavy atom. The number of aliphatic carboxylic acids is 2. The summed E-state index contributed by atoms with van der Waals surface area (Å²) in [6.45, 7) is 3.94. The molecular formula is C16H20ClN3O6. The van der Waals surface area contributed by atoms with E-state index in [0.717, 1.165) is 13.0 Å². The molecule has 0 aromatic carbocycles. The molecule has 0 aliphatic carbocycles. The number of fused-ring (bicyclic) bond motifs is 1. The number of hydrogen-bond acceptors (Lipinski definition) is 6. The number of likely N-dealkylation sites (N-methyl/N-ethyl adjacent to an activating group) is 1. The highest BCUT2D eigenvalue weighted by molar-refractivity contribution is 6.30. The smallest absolute Gasteiger partial charge is 0.414 e. The van der Waals surface area contributed by atoms with Gasteiger partial charge in [0.2, 0.25) is 5.88 Å². The molecule has 1 amide bonds. The molecule has 3 rings (SSSR count). The molecule has 3 heterocycles. The van der Waals surface area contributed by atoms with Crippen LogP contribution < -0.4 is 4.74 Å². The van der Waals surface area contributed by atoms with Crippen LogP contribution in [0.4, 0.5) is 0 Å². The van der Waals surface area contributed by atoms with E-state index in [2.05, 4.69) is 9.88 Å². The van der Waals surface area contributed by atoms with Crippen molar-refractivity contribution in [3.8, 4) is 5.88 Å². The van der Waals surface area contributed by atoms with Gasteiger partial charge in [0.05, 0.1) is 11.6 Å². The predicted molar refractivity (Wildman–Crippen MR) is 91.6 cm³/mol. The van der Waals surface area contributed by atoms with Gasteiger partial charge in [0.1, 0.15) is 11.7 Å². The van der Waals surface area contributed by atoms with E-state index in [1.165, 1.54) is 25.7 Å². The third-order valence-electron chi connectivity index (χ3n) is 4.05. The van der Waals surface area contributed by atoms with Crippen LogP contribution in [0, 0.1) is 0 Å². The monoisotopic (exact) mass is 385 g/mol. The number of amides is 1. The summed E-state index contributed by atoms with van der Waals surface area (Å²) in [7, 11) is 1.79. The quantitative estimate of drug-likeness (QED) is 0.733. The average molecular weight is 386 g/mol. The second kappa shape index (κ2) is 8.81. The summed E-state index contributed by atoms with van der Waals surface area (Å²) in [4.78, 5) is 38.7. The van der Waals surface area contributed by atoms with Gasteiger partial charge in [-0.3, -0.25) is 4.79 Å². The lowest BCUT2D eigenvalue weighted by molar-refractivity contribution is -0.159. The Morgan fingerprint density at radius 3 is 2.54 bits per heavy atom. The van der Waals surface area contributed by atoms with E-state index in [-0.39, 0.29) is 12.0 Å². The van der Waals surface area contributed by atoms with Crippen LogP contribution >= 0.6 is 11.6 Å². The summed E-state index contributed by atoms with van der Waals surface area (Å²) in [5.41, 5.74) is 0.450. The van der Waals surface area contributed by atoms with Crippen molar-refractivity contribution >= 4 is 29.4 Å². The molecule has 2 aliphatic rings. The summed E-state index contributed by atoms with van der Waals surface area (Å²) < 4.78 is 5.91. The molecule has 26 heavy (non-hydrogen) atoms. The Labute approximate surface area is 155 Å². The number of carbonyl (C=O) groups excluding carboxylic acids is 1. The molecule has 142 valence electrons. The molecule has 2 aliphatic heterocycles. The molecule has 9 nitrogen and oxygen atoms in total. The highest BCUT2D eigenvalue weighted by Gasteiger charge is 2.28. The molecule has 0 saturated carbocycles. The van der Waals surface area contributed by atoms with E-state index < -0.39 is 11.9 Å². The van der Waals surface area contributed by atoms with Crippen molar-refractivity contribution in [3.05, 3.63) is 22.8 Å². The van der Waals surface area contributed by atoms with Gasteiger partial charge in [-0.05, 0) is 32.0 Å². The number of hydrogen-bond donors (Lipinski definition) is 2. The zero-order valence-electron chi connectivity index (χ0n) is 14.2. The van der Waals surface area contributed by atoms with Crippen LogP contribution in [0.2, 0.25) is 5.02 Å². The van der Waals surface area contributed by atoms with Gasteiger partial charge in [0, 0.05) is 19.8 Å². The van der Waals surface area contributed by atoms with Crippen LogP contribution in [0.1, 0.15) is 23.2 Å². The number of carboxylic acid groups (broad SMARTS) is 2. The van der Waals surface area contributed by atoms with Gasteiger partial charge >= 0.3 is 11.9 Å². The Bertz CT molecular complexity index is 683. The third kappa shape index (κ3) is 5.30. The molecule has 1 fully saturated rings. The van der Waals surface area contributed by atoms with Gasteiger partial charge in [-0.25, -0.2) is 14.6 Å². The first kappa shape index (κ1) is 19.9. The molecule has 0 spiro atoms. The molecule has 1 atom stereocenters. The van der Waals surface area contributed by atoms with Crippen LogP contribution in [0.15, 0.2) is 12.3 Å². The van der Waals surface area contributed by atoms with Crippen LogP contribution in [-0.2, 0) is 9.59 Å². The SMILES string of the molecule is CN1CC(CCN2CCC2)Oc2ncc(Cl)cc2C1=O.O=C(O)C(=O)O. The van der Waals surface area contributed by atoms with Crippen molar-refractivity contribution in [1.29, 1.82) is 0 Å². The molecular weight excluding hydrogens is 366 g/mol. The first-order valence-corrected chi connectivity index (χ1v) is 8.42. The van der Waals surface area contributed by atoms with Gasteiger partial charge < -0.3 is 24.7 Å². The number of nitrogens with zero attached hydrogens (tertiary/aromatic N) is 3. The van der Waals surface area contributed by atoms with Gasteiger partial charge in [0.25, 0.3) is 5.91 Å². The summed E-state index contributed by atoms with van der Waals surface area (Å²) in [6.07, 6.45) is 3.69. The van der Waals surface area contributed by atoms with Gasteiger partial charge in [-0.2, -0.15) is 0 Å². The normalized spacial score (nSPS) is 19.2. The number of carbonyl (C=O) groups is 3. The number of aromatic nitrogens is 1. The fourth-order valence-electron chi connectivity index (χ4n) is 2.55. The molecule has 1 aromatic heterocycles. The van der Waals surface area contributed by atoms with Crippen molar-refractivity contribution in [2.75, 3.05) is 33.2 Å². The fraction of sp³-hybridized carbons (Fsp3) is 0.500. The maximum Gasteiger partial charge on any atom is 0.414 e. The molecule has 1 saturated heterocycles. The predicted octanol–water partition coefficient (Wildman–Crippen LogP) is 0.819. The summed E-state index contributed by atoms with van der Waals surface area (Å²) >= 11 is 5.91. The minimum Gasteiger partial charge on any atom is -0.473 e. The number of likely N-dealkylation sites (tertiary alicyclic amines) is 1. The molecule has 10 heteroatoms. The number of pyridine rings is 1. The molecule has 1 unspecified atom stereocenters. The van der Waals surface area contributed by atoms with Crippen LogP contribution in [0.3, 0.4) is 0 Å². The van der Waals surface area contributed by atoms with Crippen LogP contribution in [0.5, 0.6) is 5.88 Å². The fourth-order valence-corrected chi connectivity index (χ4v) is 2.70. The van der Waals surface area contributed by atoms with Crippen molar-refractivity contribution < 1.29 is 29.3 Å². The Kier molecular flexibility index (Phi) is 6.76. The van der Waals surface area contributed by atoms with E-state index in [1.807, 2.05) is 0 Å². The molecule has 0 radical (unpaired) electrons. The van der Waals surface area contributed by atoms with Crippen LogP contribution in [0.25, 0.3) is 0 Å². The summed E-state index contributed by atoms with van der Waals surface area (Å²) in [6, 6.07) is 1.63. The highest BCUT2D eigenvalue weighted by Crippen LogP contribution is 2.26. The van der Waals surface area contributed by atoms with E-state index in [9.17, 15) is 4.79 Å². The minimum atomic E-state index is -1.82. The Morgan fingerprint density at radius 2 is 2.00 bits per heavy atom. The minimum absolute atomic E-state index is 0.0144. The number of ether oxygens (including phenoxy) is 1. The molecule has 0 bridgehead atoms. The third-order valence-corrected chi connectivity index (χ3v) is 4.26. The van der Waals surface area contributed by atoms with Crippen molar-refractivity contribution in [2.45, 2.75) is 18.9 Å². The molecule has 2 N–H and O–H groups in total. The average Bonchev–Trinajstić information content (AvgIpc) is 2.64. The zero-order valence-corrected chi connectivity index (χ0v) is 15.0. The lowest BCUT2D eigenvalue weighted by Crippen LogP contribution is -2.41. The van der Waals surface area contributed by atoms with E-state index in [0.29, 0.717) is 23.0 Å². The first-order valence-electron chi connectivity index (χ1n) is 8.04. The topological polar surface area (TPSA) is 120 Å². The van der Waals surface area contributed by atoms with Crippen molar-refractivity contribution in [2.24, 2.45) is 0 Å². The number of carboxylic acids is 2. The lowest BCUT2D eigenvalue weighted by Gasteiger charge is -2.32. The maximum atomic E-state index is 12.3. The highest BCUT2D eigenvalue weighted by atomic mass is 35.5. The second-order valence-corrected chi connectivity index (χ2v) is 6.46. The first-order chi connectivity index (χ1) is 12.3.